The number of hydrogen-bond acceptors (Lipinski definition) is 8. The molecule has 0 bridgehead atoms. The summed E-state index contributed by atoms with van der Waals surface area (Å²) < 4.78 is 12.9. The number of nitrogens with two attached hydrogens (primary N) is 1. The maximum absolute atomic E-state index is 12.3. The van der Waals surface area contributed by atoms with Gasteiger partial charge in [0.2, 0.25) is 0 Å². The van der Waals surface area contributed by atoms with Gasteiger partial charge in [0.25, 0.3) is 0 Å². The fraction of sp³-hybridized carbons (Fsp3) is 0.519. The first-order valence-electron chi connectivity index (χ1n) is 12.9. The minimum Gasteiger partial charge on any atom is -0.495 e. The zero-order valence-corrected chi connectivity index (χ0v) is 22.4. The first-order valence-corrected chi connectivity index (χ1v) is 12.9. The smallest absolute Gasteiger partial charge is 0.412 e. The molecule has 5 rings (SSSR count). The van der Waals surface area contributed by atoms with Crippen molar-refractivity contribution < 1.29 is 14.3 Å². The molecule has 0 radical (unpaired) electrons. The van der Waals surface area contributed by atoms with Crippen molar-refractivity contribution in [3.8, 4) is 16.9 Å². The third kappa shape index (κ3) is 4.77. The maximum atomic E-state index is 12.3. The maximum Gasteiger partial charge on any atom is 0.412 e. The monoisotopic (exact) mass is 507 g/mol. The Kier molecular flexibility index (Phi) is 6.39. The quantitative estimate of drug-likeness (QED) is 0.535. The summed E-state index contributed by atoms with van der Waals surface area (Å²) in [5.74, 6) is 1.93. The molecule has 2 aliphatic heterocycles. The van der Waals surface area contributed by atoms with Crippen molar-refractivity contribution in [2.75, 3.05) is 49.7 Å². The number of nitrogens with zero attached hydrogens (tertiary/aromatic N) is 5. The lowest BCUT2D eigenvalue weighted by Gasteiger charge is -2.44. The van der Waals surface area contributed by atoms with Crippen LogP contribution in [-0.2, 0) is 4.74 Å². The highest BCUT2D eigenvalue weighted by Gasteiger charge is 2.41. The number of rotatable bonds is 4. The number of methoxy groups -OCH3 is 1. The van der Waals surface area contributed by atoms with Gasteiger partial charge in [0, 0.05) is 24.2 Å². The van der Waals surface area contributed by atoms with Gasteiger partial charge in [0.1, 0.15) is 29.0 Å². The number of fused-ring (bicyclic) bond motifs is 1. The van der Waals surface area contributed by atoms with Crippen molar-refractivity contribution >= 4 is 28.9 Å². The van der Waals surface area contributed by atoms with E-state index >= 15 is 0 Å². The summed E-state index contributed by atoms with van der Waals surface area (Å²) >= 11 is 0. The van der Waals surface area contributed by atoms with Crippen LogP contribution in [-0.4, -0.2) is 70.5 Å². The summed E-state index contributed by atoms with van der Waals surface area (Å²) in [6, 6.07) is 7.75. The van der Waals surface area contributed by atoms with E-state index in [-0.39, 0.29) is 0 Å². The Morgan fingerprint density at radius 3 is 2.54 bits per heavy atom. The average molecular weight is 508 g/mol. The van der Waals surface area contributed by atoms with Gasteiger partial charge in [-0.15, -0.1) is 0 Å². The summed E-state index contributed by atoms with van der Waals surface area (Å²) in [5.41, 5.74) is 9.18. The Balaban J connectivity index is 1.47. The lowest BCUT2D eigenvalue weighted by Crippen LogP contribution is -2.51. The van der Waals surface area contributed by atoms with Crippen molar-refractivity contribution in [1.82, 2.24) is 19.5 Å². The Morgan fingerprint density at radius 1 is 1.14 bits per heavy atom. The molecule has 2 fully saturated rings. The Hall–Kier alpha value is -3.53. The van der Waals surface area contributed by atoms with Crippen molar-refractivity contribution in [3.63, 3.8) is 0 Å². The molecule has 3 N–H and O–H groups in total. The van der Waals surface area contributed by atoms with Gasteiger partial charge in [0.05, 0.1) is 12.8 Å². The molecule has 2 aromatic heterocycles. The molecule has 4 heterocycles. The predicted octanol–water partition coefficient (Wildman–Crippen LogP) is 4.40. The van der Waals surface area contributed by atoms with Crippen molar-refractivity contribution in [1.29, 1.82) is 0 Å². The van der Waals surface area contributed by atoms with Gasteiger partial charge in [0.15, 0.2) is 5.82 Å². The zero-order valence-electron chi connectivity index (χ0n) is 22.4. The van der Waals surface area contributed by atoms with Gasteiger partial charge in [-0.2, -0.15) is 5.10 Å². The van der Waals surface area contributed by atoms with Crippen molar-refractivity contribution in [2.45, 2.75) is 57.6 Å². The second-order valence-electron chi connectivity index (χ2n) is 11.1. The molecule has 0 saturated carbocycles. The molecule has 3 aromatic rings. The highest BCUT2D eigenvalue weighted by Crippen LogP contribution is 2.41. The number of aromatic nitrogens is 3. The van der Waals surface area contributed by atoms with Crippen LogP contribution in [0.15, 0.2) is 30.6 Å². The van der Waals surface area contributed by atoms with Crippen LogP contribution >= 0.6 is 0 Å². The average Bonchev–Trinajstić information content (AvgIpc) is 3.40. The molecule has 0 aliphatic carbocycles. The molecule has 0 atom stereocenters. The number of carbonyl (C=O) groups is 1. The van der Waals surface area contributed by atoms with E-state index in [2.05, 4.69) is 38.3 Å². The van der Waals surface area contributed by atoms with E-state index < -0.39 is 11.7 Å². The number of piperidine rings is 1. The molecule has 2 saturated heterocycles. The number of ether oxygens (including phenoxy) is 2. The summed E-state index contributed by atoms with van der Waals surface area (Å²) in [7, 11) is 3.83. The molecule has 2 aliphatic rings. The summed E-state index contributed by atoms with van der Waals surface area (Å²) in [5, 5.41) is 7.35. The van der Waals surface area contributed by atoms with Crippen LogP contribution in [0.4, 0.5) is 22.1 Å². The minimum atomic E-state index is -0.599. The molecule has 37 heavy (non-hydrogen) atoms. The van der Waals surface area contributed by atoms with E-state index in [1.165, 1.54) is 25.7 Å². The number of carbonyl (C=O) groups excluding carboxylic acids is 1. The lowest BCUT2D eigenvalue weighted by atomic mass is 9.85. The van der Waals surface area contributed by atoms with Gasteiger partial charge in [-0.3, -0.25) is 5.32 Å². The Bertz CT molecular complexity index is 1310. The highest BCUT2D eigenvalue weighted by molar-refractivity contribution is 5.93. The number of nitrogen functional groups attached to an aromatic ring is 1. The lowest BCUT2D eigenvalue weighted by molar-refractivity contribution is 0.0635. The molecule has 1 amide bonds. The van der Waals surface area contributed by atoms with E-state index in [4.69, 9.17) is 15.2 Å². The molecule has 10 nitrogen and oxygen atoms in total. The number of anilines is 3. The Labute approximate surface area is 217 Å². The summed E-state index contributed by atoms with van der Waals surface area (Å²) in [6.07, 6.45) is 5.77. The summed E-state index contributed by atoms with van der Waals surface area (Å²) in [4.78, 5) is 21.5. The molecule has 198 valence electrons. The number of amides is 1. The van der Waals surface area contributed by atoms with E-state index in [0.717, 1.165) is 48.4 Å². The predicted molar refractivity (Wildman–Crippen MR) is 145 cm³/mol. The number of likely N-dealkylation sites (tertiary alicyclic amines) is 1. The SMILES string of the molecule is COc1cc(-c2cc(N3CCC4(CCCN4C)CC3)n3ncnc(N)c23)ccc1NC(=O)OC(C)(C)C. The fourth-order valence-corrected chi connectivity index (χ4v) is 5.73. The van der Waals surface area contributed by atoms with Crippen LogP contribution in [0.5, 0.6) is 5.75 Å². The zero-order chi connectivity index (χ0) is 26.4. The molecule has 1 aromatic carbocycles. The van der Waals surface area contributed by atoms with Gasteiger partial charge in [-0.1, -0.05) is 6.07 Å². The number of hydrogen-bond donors (Lipinski definition) is 2. The second kappa shape index (κ2) is 9.41. The van der Waals surface area contributed by atoms with Crippen LogP contribution in [0.3, 0.4) is 0 Å². The fourth-order valence-electron chi connectivity index (χ4n) is 5.73. The van der Waals surface area contributed by atoms with E-state index in [1.54, 1.807) is 7.11 Å². The highest BCUT2D eigenvalue weighted by atomic mass is 16.6. The van der Waals surface area contributed by atoms with Crippen LogP contribution in [0.1, 0.15) is 46.5 Å². The molecular weight excluding hydrogens is 470 g/mol. The van der Waals surface area contributed by atoms with Crippen LogP contribution in [0.25, 0.3) is 16.6 Å². The third-order valence-electron chi connectivity index (χ3n) is 7.68. The van der Waals surface area contributed by atoms with Gasteiger partial charge in [-0.25, -0.2) is 14.3 Å². The second-order valence-corrected chi connectivity index (χ2v) is 11.1. The third-order valence-corrected chi connectivity index (χ3v) is 7.68. The van der Waals surface area contributed by atoms with Crippen LogP contribution in [0, 0.1) is 0 Å². The van der Waals surface area contributed by atoms with E-state index in [9.17, 15) is 4.79 Å². The summed E-state index contributed by atoms with van der Waals surface area (Å²) in [6.45, 7) is 8.57. The number of benzene rings is 1. The minimum absolute atomic E-state index is 0.324. The van der Waals surface area contributed by atoms with Gasteiger partial charge in [-0.05, 0) is 83.8 Å². The van der Waals surface area contributed by atoms with Crippen LogP contribution in [0.2, 0.25) is 0 Å². The van der Waals surface area contributed by atoms with E-state index in [0.29, 0.717) is 22.8 Å². The van der Waals surface area contributed by atoms with Gasteiger partial charge < -0.3 is 25.0 Å². The molecule has 1 spiro atoms. The van der Waals surface area contributed by atoms with Crippen molar-refractivity contribution in [2.24, 2.45) is 0 Å². The molecule has 0 unspecified atom stereocenters. The molecular formula is C27H37N7O3. The van der Waals surface area contributed by atoms with Crippen molar-refractivity contribution in [3.05, 3.63) is 30.6 Å². The Morgan fingerprint density at radius 2 is 1.89 bits per heavy atom. The topological polar surface area (TPSA) is 110 Å². The standard InChI is InChI=1S/C27H37N7O3/c1-26(2,3)37-25(35)31-20-8-7-18(15-21(20)36-5)19-16-22(34-23(19)24(28)29-17-30-34)33-13-10-27(11-14-33)9-6-12-32(27)4/h7-8,15-17H,6,9-14H2,1-5H3,(H,31,35)(H2,28,29,30). The number of nitrogens with one attached hydrogen (secondary N) is 1. The normalized spacial score (nSPS) is 17.9. The van der Waals surface area contributed by atoms with Crippen LogP contribution < -0.4 is 20.7 Å². The molecule has 10 heteroatoms. The first kappa shape index (κ1) is 25.1. The van der Waals surface area contributed by atoms with E-state index in [1.807, 2.05) is 43.5 Å². The largest absolute Gasteiger partial charge is 0.495 e. The first-order chi connectivity index (χ1) is 17.6. The van der Waals surface area contributed by atoms with Gasteiger partial charge >= 0.3 is 6.09 Å².